The van der Waals surface area contributed by atoms with E-state index in [9.17, 15) is 0 Å². The molecule has 1 aromatic carbocycles. The number of nitrogens with one attached hydrogen (secondary N) is 1. The second-order valence-electron chi connectivity index (χ2n) is 3.86. The molecule has 0 atom stereocenters. The van der Waals surface area contributed by atoms with Gasteiger partial charge in [0.1, 0.15) is 0 Å². The Kier molecular flexibility index (Phi) is 4.17. The number of benzene rings is 1. The van der Waals surface area contributed by atoms with Gasteiger partial charge in [0.15, 0.2) is 0 Å². The first-order valence-electron chi connectivity index (χ1n) is 5.30. The molecule has 80 valence electrons. The van der Waals surface area contributed by atoms with Crippen LogP contribution in [0.25, 0.3) is 0 Å². The van der Waals surface area contributed by atoms with Crippen LogP contribution in [0.5, 0.6) is 0 Å². The van der Waals surface area contributed by atoms with Gasteiger partial charge in [0.2, 0.25) is 0 Å². The van der Waals surface area contributed by atoms with E-state index in [0.29, 0.717) is 0 Å². The molecule has 0 bridgehead atoms. The molecule has 0 amide bonds. The van der Waals surface area contributed by atoms with Gasteiger partial charge in [-0.05, 0) is 24.5 Å². The molecule has 1 aromatic rings. The van der Waals surface area contributed by atoms with Crippen molar-refractivity contribution in [3.63, 3.8) is 0 Å². The van der Waals surface area contributed by atoms with Gasteiger partial charge in [-0.2, -0.15) is 0 Å². The van der Waals surface area contributed by atoms with Crippen molar-refractivity contribution in [2.45, 2.75) is 26.7 Å². The zero-order chi connectivity index (χ0) is 11.3. The lowest BCUT2D eigenvalue weighted by Crippen LogP contribution is -2.10. The molecule has 1 heteroatoms. The Balaban J connectivity index is 2.63. The first-order valence-corrected chi connectivity index (χ1v) is 5.30. The van der Waals surface area contributed by atoms with Gasteiger partial charge in [0.25, 0.3) is 0 Å². The molecule has 0 aromatic heterocycles. The molecule has 0 saturated heterocycles. The summed E-state index contributed by atoms with van der Waals surface area (Å²) in [6.45, 7) is 11.9. The number of allylic oxidation sites excluding steroid dienone is 2. The maximum absolute atomic E-state index is 3.97. The Morgan fingerprint density at radius 2 is 1.93 bits per heavy atom. The van der Waals surface area contributed by atoms with Gasteiger partial charge in [0.05, 0.1) is 0 Å². The van der Waals surface area contributed by atoms with E-state index in [1.165, 1.54) is 11.1 Å². The summed E-state index contributed by atoms with van der Waals surface area (Å²) in [6.07, 6.45) is 1.94. The first-order chi connectivity index (χ1) is 7.11. The van der Waals surface area contributed by atoms with Gasteiger partial charge in [0, 0.05) is 17.8 Å². The van der Waals surface area contributed by atoms with Crippen LogP contribution in [0, 0.1) is 0 Å². The van der Waals surface area contributed by atoms with Gasteiger partial charge in [-0.1, -0.05) is 44.3 Å². The van der Waals surface area contributed by atoms with Crippen LogP contribution in [0.15, 0.2) is 48.8 Å². The molecule has 0 spiro atoms. The molecule has 0 aliphatic heterocycles. The lowest BCUT2D eigenvalue weighted by Gasteiger charge is -2.09. The van der Waals surface area contributed by atoms with Crippen molar-refractivity contribution in [1.29, 1.82) is 0 Å². The van der Waals surface area contributed by atoms with E-state index < -0.39 is 0 Å². The van der Waals surface area contributed by atoms with Crippen LogP contribution >= 0.6 is 0 Å². The predicted octanol–water partition coefficient (Wildman–Crippen LogP) is 3.43. The highest BCUT2D eigenvalue weighted by atomic mass is 14.9. The summed E-state index contributed by atoms with van der Waals surface area (Å²) in [6, 6.07) is 8.61. The Bertz CT molecular complexity index is 363. The zero-order valence-electron chi connectivity index (χ0n) is 9.64. The summed E-state index contributed by atoms with van der Waals surface area (Å²) in [7, 11) is 0. The summed E-state index contributed by atoms with van der Waals surface area (Å²) in [4.78, 5) is 0. The normalized spacial score (nSPS) is 9.73. The van der Waals surface area contributed by atoms with Crippen LogP contribution in [-0.4, -0.2) is 0 Å². The summed E-state index contributed by atoms with van der Waals surface area (Å²) in [5.74, 6) is 0. The SMILES string of the molecule is C=C(C)NC(=C)Cc1cccc(CC)c1. The molecular formula is C14H19N. The monoisotopic (exact) mass is 201 g/mol. The molecule has 0 fully saturated rings. The standard InChI is InChI=1S/C14H19N/c1-5-13-7-6-8-14(10-13)9-12(4)15-11(2)3/h6-8,10,15H,2,4-5,9H2,1,3H3. The quantitative estimate of drug-likeness (QED) is 0.769. The largest absolute Gasteiger partial charge is 0.363 e. The maximum atomic E-state index is 3.97. The molecule has 0 aliphatic rings. The van der Waals surface area contributed by atoms with Crippen LogP contribution in [0.4, 0.5) is 0 Å². The minimum absolute atomic E-state index is 0.862. The number of rotatable bonds is 5. The Morgan fingerprint density at radius 1 is 1.27 bits per heavy atom. The highest BCUT2D eigenvalue weighted by Crippen LogP contribution is 2.09. The predicted molar refractivity (Wildman–Crippen MR) is 66.6 cm³/mol. The average molecular weight is 201 g/mol. The number of hydrogen-bond donors (Lipinski definition) is 1. The van der Waals surface area contributed by atoms with E-state index in [1.807, 2.05) is 6.92 Å². The Hall–Kier alpha value is -1.50. The molecule has 0 radical (unpaired) electrons. The van der Waals surface area contributed by atoms with Crippen LogP contribution in [0.1, 0.15) is 25.0 Å². The molecule has 15 heavy (non-hydrogen) atoms. The van der Waals surface area contributed by atoms with Crippen LogP contribution in [-0.2, 0) is 12.8 Å². The van der Waals surface area contributed by atoms with E-state index in [0.717, 1.165) is 24.2 Å². The van der Waals surface area contributed by atoms with Crippen LogP contribution in [0.2, 0.25) is 0 Å². The topological polar surface area (TPSA) is 12.0 Å². The third kappa shape index (κ3) is 4.03. The van der Waals surface area contributed by atoms with Gasteiger partial charge in [-0.15, -0.1) is 0 Å². The minimum atomic E-state index is 0.862. The molecule has 0 heterocycles. The fourth-order valence-corrected chi connectivity index (χ4v) is 1.55. The third-order valence-corrected chi connectivity index (χ3v) is 2.21. The summed E-state index contributed by atoms with van der Waals surface area (Å²) < 4.78 is 0. The number of hydrogen-bond acceptors (Lipinski definition) is 1. The van der Waals surface area contributed by atoms with E-state index in [2.05, 4.69) is 49.7 Å². The molecule has 0 aliphatic carbocycles. The molecule has 1 rings (SSSR count). The molecular weight excluding hydrogens is 182 g/mol. The highest BCUT2D eigenvalue weighted by Gasteiger charge is 1.98. The van der Waals surface area contributed by atoms with Gasteiger partial charge in [-0.3, -0.25) is 0 Å². The fraction of sp³-hybridized carbons (Fsp3) is 0.286. The van der Waals surface area contributed by atoms with E-state index in [-0.39, 0.29) is 0 Å². The average Bonchev–Trinajstić information content (AvgIpc) is 2.16. The summed E-state index contributed by atoms with van der Waals surface area (Å²) in [5.41, 5.74) is 4.60. The maximum Gasteiger partial charge on any atom is 0.0120 e. The van der Waals surface area contributed by atoms with Gasteiger partial charge < -0.3 is 5.32 Å². The molecule has 1 nitrogen and oxygen atoms in total. The minimum Gasteiger partial charge on any atom is -0.363 e. The molecule has 1 N–H and O–H groups in total. The van der Waals surface area contributed by atoms with Crippen molar-refractivity contribution >= 4 is 0 Å². The molecule has 0 saturated carbocycles. The summed E-state index contributed by atoms with van der Waals surface area (Å²) in [5, 5.41) is 3.14. The van der Waals surface area contributed by atoms with Gasteiger partial charge in [-0.25, -0.2) is 0 Å². The fourth-order valence-electron chi connectivity index (χ4n) is 1.55. The van der Waals surface area contributed by atoms with Crippen molar-refractivity contribution in [2.24, 2.45) is 0 Å². The van der Waals surface area contributed by atoms with Crippen molar-refractivity contribution < 1.29 is 0 Å². The molecule has 0 unspecified atom stereocenters. The van der Waals surface area contributed by atoms with Crippen LogP contribution < -0.4 is 5.32 Å². The first kappa shape index (κ1) is 11.6. The second kappa shape index (κ2) is 5.40. The van der Waals surface area contributed by atoms with Crippen LogP contribution in [0.3, 0.4) is 0 Å². The highest BCUT2D eigenvalue weighted by molar-refractivity contribution is 5.27. The van der Waals surface area contributed by atoms with Crippen molar-refractivity contribution in [1.82, 2.24) is 5.32 Å². The summed E-state index contributed by atoms with van der Waals surface area (Å²) >= 11 is 0. The van der Waals surface area contributed by atoms with Crippen molar-refractivity contribution in [3.8, 4) is 0 Å². The zero-order valence-corrected chi connectivity index (χ0v) is 9.64. The second-order valence-corrected chi connectivity index (χ2v) is 3.86. The Labute approximate surface area is 92.5 Å². The third-order valence-electron chi connectivity index (χ3n) is 2.21. The lowest BCUT2D eigenvalue weighted by atomic mass is 10.1. The number of aryl methyl sites for hydroxylation is 1. The Morgan fingerprint density at radius 3 is 2.53 bits per heavy atom. The smallest absolute Gasteiger partial charge is 0.0120 e. The van der Waals surface area contributed by atoms with Crippen molar-refractivity contribution in [3.05, 3.63) is 59.9 Å². The lowest BCUT2D eigenvalue weighted by molar-refractivity contribution is 0.918. The van der Waals surface area contributed by atoms with E-state index in [1.54, 1.807) is 0 Å². The van der Waals surface area contributed by atoms with Gasteiger partial charge >= 0.3 is 0 Å². The van der Waals surface area contributed by atoms with E-state index in [4.69, 9.17) is 0 Å². The van der Waals surface area contributed by atoms with E-state index >= 15 is 0 Å². The van der Waals surface area contributed by atoms with Crippen molar-refractivity contribution in [2.75, 3.05) is 0 Å².